The number of anilines is 5. The summed E-state index contributed by atoms with van der Waals surface area (Å²) in [7, 11) is 1.79. The fourth-order valence-electron chi connectivity index (χ4n) is 8.60. The average Bonchev–Trinajstić information content (AvgIpc) is 3.84. The molecule has 2 aromatic heterocycles. The lowest BCUT2D eigenvalue weighted by Crippen LogP contribution is -2.52. The van der Waals surface area contributed by atoms with E-state index in [9.17, 15) is 24.0 Å². The zero-order valence-electron chi connectivity index (χ0n) is 33.0. The number of nitrogens with zero attached hydrogens (tertiary/aromatic N) is 10. The van der Waals surface area contributed by atoms with Gasteiger partial charge in [-0.2, -0.15) is 4.98 Å². The minimum Gasteiger partial charge on any atom is -0.370 e. The summed E-state index contributed by atoms with van der Waals surface area (Å²) in [6, 6.07) is 7.60. The number of pyridine rings is 1. The molecule has 0 saturated carbocycles. The van der Waals surface area contributed by atoms with E-state index in [1.165, 1.54) is 6.07 Å². The number of piperazine rings is 1. The Morgan fingerprint density at radius 1 is 0.915 bits per heavy atom. The SMILES string of the molecule is CN1CCN([C@@H]2CCCN(c3nnc(C(N)=O)c(Nc4ccc(N5CCN(C[C@H]6CCN(c7ccc(C(=O)N[C@H]8CCC(=O)NC8=O)nc7)C6)CC5)c(F)c4)n3)C2)C1=O. The molecule has 19 nitrogen and oxygen atoms in total. The maximum atomic E-state index is 15.7. The molecule has 5 N–H and O–H groups in total. The number of hydrogen-bond donors (Lipinski definition) is 4. The number of primary amides is 1. The van der Waals surface area contributed by atoms with E-state index in [2.05, 4.69) is 45.9 Å². The number of imide groups is 1. The number of likely N-dealkylation sites (N-methyl/N-ethyl adjacent to an activating group) is 1. The number of urea groups is 1. The van der Waals surface area contributed by atoms with Crippen molar-refractivity contribution in [1.82, 2.24) is 45.5 Å². The molecule has 0 radical (unpaired) electrons. The molecule has 1 aromatic carbocycles. The molecule has 6 amide bonds. The van der Waals surface area contributed by atoms with E-state index in [1.54, 1.807) is 36.3 Å². The third-order valence-electron chi connectivity index (χ3n) is 11.9. The Labute approximate surface area is 340 Å². The fourth-order valence-corrected chi connectivity index (χ4v) is 8.60. The van der Waals surface area contributed by atoms with E-state index in [0.717, 1.165) is 57.7 Å². The highest BCUT2D eigenvalue weighted by molar-refractivity contribution is 6.03. The smallest absolute Gasteiger partial charge is 0.320 e. The molecule has 312 valence electrons. The number of piperidine rings is 2. The number of aromatic nitrogens is 4. The van der Waals surface area contributed by atoms with Crippen LogP contribution in [0.2, 0.25) is 0 Å². The average molecular weight is 813 g/mol. The van der Waals surface area contributed by atoms with Crippen molar-refractivity contribution in [2.75, 3.05) is 99.1 Å². The zero-order chi connectivity index (χ0) is 41.2. The second-order valence-corrected chi connectivity index (χ2v) is 15.9. The van der Waals surface area contributed by atoms with Crippen LogP contribution >= 0.6 is 0 Å². The van der Waals surface area contributed by atoms with Gasteiger partial charge in [-0.15, -0.1) is 10.2 Å². The molecule has 5 aliphatic heterocycles. The third kappa shape index (κ3) is 8.81. The normalized spacial score (nSPS) is 22.8. The van der Waals surface area contributed by atoms with E-state index in [-0.39, 0.29) is 48.0 Å². The first kappa shape index (κ1) is 39.6. The quantitative estimate of drug-likeness (QED) is 0.197. The van der Waals surface area contributed by atoms with Gasteiger partial charge in [-0.25, -0.2) is 14.2 Å². The molecule has 0 spiro atoms. The Kier molecular flexibility index (Phi) is 11.4. The van der Waals surface area contributed by atoms with Crippen molar-refractivity contribution in [3.8, 4) is 0 Å². The standard InChI is InChI=1S/C39H49FN14O5/c1-49-13-18-54(39(49)59)27-3-2-11-53(23-27)38-46-35(33(34(41)56)47-48-38)43-25-4-8-31(28(40)19-25)51-16-14-50(15-17-51)21-24-10-12-52(22-24)26-5-6-29(42-20-26)36(57)44-30-7-9-32(55)45-37(30)58/h4-6,8,19-20,24,27,30H,2-3,7,9-18,21-23H2,1H3,(H2,41,56)(H,44,57)(H,43,46,48)(H,45,55,58)/t24-,27-,30+/m1/s1. The Bertz CT molecular complexity index is 2100. The maximum absolute atomic E-state index is 15.7. The van der Waals surface area contributed by atoms with Crippen LogP contribution < -0.4 is 36.4 Å². The van der Waals surface area contributed by atoms with Crippen LogP contribution in [0, 0.1) is 11.7 Å². The molecule has 5 fully saturated rings. The van der Waals surface area contributed by atoms with Crippen LogP contribution in [0.15, 0.2) is 36.5 Å². The fraction of sp³-hybridized carbons (Fsp3) is 0.513. The highest BCUT2D eigenvalue weighted by Gasteiger charge is 2.35. The van der Waals surface area contributed by atoms with Crippen LogP contribution in [-0.2, 0) is 9.59 Å². The third-order valence-corrected chi connectivity index (χ3v) is 11.9. The Morgan fingerprint density at radius 3 is 2.46 bits per heavy atom. The Balaban J connectivity index is 0.823. The second-order valence-electron chi connectivity index (χ2n) is 15.9. The van der Waals surface area contributed by atoms with Gasteiger partial charge in [-0.05, 0) is 61.9 Å². The summed E-state index contributed by atoms with van der Waals surface area (Å²) < 4.78 is 15.7. The number of carbonyl (C=O) groups is 5. The van der Waals surface area contributed by atoms with Crippen molar-refractivity contribution < 1.29 is 28.4 Å². The molecule has 20 heteroatoms. The van der Waals surface area contributed by atoms with Gasteiger partial charge in [0.25, 0.3) is 11.8 Å². The lowest BCUT2D eigenvalue weighted by Gasteiger charge is -2.37. The predicted molar refractivity (Wildman–Crippen MR) is 215 cm³/mol. The van der Waals surface area contributed by atoms with Gasteiger partial charge in [-0.3, -0.25) is 29.4 Å². The molecular formula is C39H49FN14O5. The van der Waals surface area contributed by atoms with Crippen LogP contribution in [0.1, 0.15) is 53.1 Å². The number of halogens is 1. The van der Waals surface area contributed by atoms with Crippen LogP contribution in [-0.4, -0.2) is 156 Å². The van der Waals surface area contributed by atoms with Gasteiger partial charge in [0.05, 0.1) is 23.6 Å². The number of amides is 6. The van der Waals surface area contributed by atoms with Crippen LogP contribution in [0.25, 0.3) is 0 Å². The number of nitrogens with two attached hydrogens (primary N) is 1. The van der Waals surface area contributed by atoms with E-state index >= 15 is 4.39 Å². The molecule has 7 heterocycles. The first-order valence-corrected chi connectivity index (χ1v) is 20.2. The maximum Gasteiger partial charge on any atom is 0.320 e. The summed E-state index contributed by atoms with van der Waals surface area (Å²) in [6.07, 6.45) is 4.83. The number of nitrogens with one attached hydrogen (secondary N) is 3. The molecule has 8 rings (SSSR count). The number of benzene rings is 1. The summed E-state index contributed by atoms with van der Waals surface area (Å²) in [5.74, 6) is -1.72. The monoisotopic (exact) mass is 812 g/mol. The molecule has 59 heavy (non-hydrogen) atoms. The van der Waals surface area contributed by atoms with E-state index in [0.29, 0.717) is 62.5 Å². The minimum absolute atomic E-state index is 0.00153. The van der Waals surface area contributed by atoms with Crippen molar-refractivity contribution in [3.05, 3.63) is 53.7 Å². The molecule has 0 unspecified atom stereocenters. The summed E-state index contributed by atoms with van der Waals surface area (Å²) in [5, 5.41) is 16.2. The van der Waals surface area contributed by atoms with Gasteiger partial charge < -0.3 is 40.9 Å². The lowest BCUT2D eigenvalue weighted by atomic mass is 10.0. The van der Waals surface area contributed by atoms with Crippen molar-refractivity contribution in [1.29, 1.82) is 0 Å². The first-order chi connectivity index (χ1) is 28.5. The summed E-state index contributed by atoms with van der Waals surface area (Å²) in [6.45, 7) is 8.05. The number of carbonyl (C=O) groups excluding carboxylic acids is 5. The molecular weight excluding hydrogens is 764 g/mol. The molecule has 0 aliphatic carbocycles. The van der Waals surface area contributed by atoms with Crippen LogP contribution in [0.5, 0.6) is 0 Å². The van der Waals surface area contributed by atoms with Crippen molar-refractivity contribution >= 4 is 58.5 Å². The summed E-state index contributed by atoms with van der Waals surface area (Å²) in [5.41, 5.74) is 7.46. The van der Waals surface area contributed by atoms with Crippen molar-refractivity contribution in [2.24, 2.45) is 11.7 Å². The predicted octanol–water partition coefficient (Wildman–Crippen LogP) is 0.768. The molecule has 5 aliphatic rings. The minimum atomic E-state index is -0.816. The van der Waals surface area contributed by atoms with Crippen LogP contribution in [0.4, 0.5) is 38.0 Å². The van der Waals surface area contributed by atoms with Crippen molar-refractivity contribution in [3.63, 3.8) is 0 Å². The van der Waals surface area contributed by atoms with E-state index in [4.69, 9.17) is 5.73 Å². The van der Waals surface area contributed by atoms with Gasteiger partial charge in [0.15, 0.2) is 11.5 Å². The van der Waals surface area contributed by atoms with Gasteiger partial charge in [0.1, 0.15) is 17.6 Å². The summed E-state index contributed by atoms with van der Waals surface area (Å²) in [4.78, 5) is 82.2. The second kappa shape index (κ2) is 17.0. The van der Waals surface area contributed by atoms with Gasteiger partial charge >= 0.3 is 6.03 Å². The molecule has 3 aromatic rings. The van der Waals surface area contributed by atoms with E-state index < -0.39 is 29.6 Å². The van der Waals surface area contributed by atoms with E-state index in [1.807, 2.05) is 20.8 Å². The topological polar surface area (TPSA) is 218 Å². The largest absolute Gasteiger partial charge is 0.370 e. The zero-order valence-corrected chi connectivity index (χ0v) is 33.0. The summed E-state index contributed by atoms with van der Waals surface area (Å²) >= 11 is 0. The molecule has 3 atom stereocenters. The molecule has 5 saturated heterocycles. The Hall–Kier alpha value is -6.18. The molecule has 0 bridgehead atoms. The number of rotatable bonds is 11. The van der Waals surface area contributed by atoms with Crippen molar-refractivity contribution in [2.45, 2.75) is 44.2 Å². The van der Waals surface area contributed by atoms with Gasteiger partial charge in [-0.1, -0.05) is 0 Å². The first-order valence-electron chi connectivity index (χ1n) is 20.2. The Morgan fingerprint density at radius 2 is 1.75 bits per heavy atom. The lowest BCUT2D eigenvalue weighted by molar-refractivity contribution is -0.134. The van der Waals surface area contributed by atoms with Crippen LogP contribution in [0.3, 0.4) is 0 Å². The van der Waals surface area contributed by atoms with Gasteiger partial charge in [0.2, 0.25) is 17.8 Å². The number of hydrogen-bond acceptors (Lipinski definition) is 14. The van der Waals surface area contributed by atoms with Gasteiger partial charge in [0, 0.05) is 91.1 Å². The highest BCUT2D eigenvalue weighted by atomic mass is 19.1. The highest BCUT2D eigenvalue weighted by Crippen LogP contribution is 2.29.